The van der Waals surface area contributed by atoms with Crippen molar-refractivity contribution in [2.24, 2.45) is 0 Å². The maximum absolute atomic E-state index is 6.04. The number of para-hydroxylation sites is 2. The van der Waals surface area contributed by atoms with E-state index in [-0.39, 0.29) is 54.4 Å². The maximum Gasteiger partial charge on any atom is 0.166 e. The van der Waals surface area contributed by atoms with Gasteiger partial charge in [-0.1, -0.05) is 245 Å². The molecule has 0 heterocycles. The van der Waals surface area contributed by atoms with E-state index in [0.29, 0.717) is 0 Å². The second-order valence-electron chi connectivity index (χ2n) is 31.2. The Morgan fingerprint density at radius 3 is 0.449 bits per heavy atom. The van der Waals surface area contributed by atoms with Crippen LogP contribution in [0.15, 0.2) is 471 Å². The topological polar surface area (TPSA) is 36.9 Å². The zero-order valence-electron chi connectivity index (χ0n) is 69.5. The van der Waals surface area contributed by atoms with Gasteiger partial charge in [-0.2, -0.15) is 0 Å². The van der Waals surface area contributed by atoms with Crippen molar-refractivity contribution in [2.75, 3.05) is 0 Å². The van der Waals surface area contributed by atoms with Gasteiger partial charge in [0.15, 0.2) is 58.7 Å². The Kier molecular flexibility index (Phi) is 28.7. The average molecular weight is 1620 g/mol. The summed E-state index contributed by atoms with van der Waals surface area (Å²) < 4.78 is 24.0. The van der Waals surface area contributed by atoms with Crippen LogP contribution >= 0.6 is 0 Å². The lowest BCUT2D eigenvalue weighted by Gasteiger charge is -2.19. The first-order valence-corrected chi connectivity index (χ1v) is 45.0. The number of rotatable bonds is 20. The second kappa shape index (κ2) is 40.3. The maximum atomic E-state index is 6.04. The van der Waals surface area contributed by atoms with Crippen molar-refractivity contribution in [3.63, 3.8) is 0 Å². The molecule has 0 bridgehead atoms. The molecular formula is C110H104O4S4+4. The predicted octanol–water partition coefficient (Wildman–Crippen LogP) is 30.7. The molecule has 16 rings (SSSR count). The summed E-state index contributed by atoms with van der Waals surface area (Å²) >= 11 is 0. The molecule has 2 atom stereocenters. The molecule has 2 unspecified atom stereocenters. The van der Waals surface area contributed by atoms with E-state index in [0.717, 1.165) is 46.0 Å². The molecule has 0 aliphatic carbocycles. The van der Waals surface area contributed by atoms with E-state index in [2.05, 4.69) is 411 Å². The van der Waals surface area contributed by atoms with Crippen LogP contribution in [-0.4, -0.2) is 0 Å². The normalized spacial score (nSPS) is 11.6. The van der Waals surface area contributed by atoms with E-state index in [1.807, 2.05) is 84.9 Å². The van der Waals surface area contributed by atoms with Gasteiger partial charge in [0.25, 0.3) is 0 Å². The molecule has 118 heavy (non-hydrogen) atoms. The first-order chi connectivity index (χ1) is 57.2. The molecule has 0 radical (unpaired) electrons. The number of ether oxygens (including phenoxy) is 4. The molecule has 0 saturated carbocycles. The number of hydrogen-bond acceptors (Lipinski definition) is 4. The molecule has 4 nitrogen and oxygen atoms in total. The SMILES string of the molecule is CC(C)(C)c1ccc([S+](c2ccccc2)c2ccc(Oc3ccccc3)cc2)cc1.Cc1ccc(Oc2ccc([S+](c3ccc(C)cc3)c3ccc(C)cc3)cc2)cc1.Cc1ccc(Oc2ccc([S+](c3ccccc3)c3ccc(C(C)(C)C)cc3)cc2)cc1.Cc1ccc([S+](c2ccc(C)cc2)c2ccc(Oc3ccccc3)cc2)cc1. The Morgan fingerprint density at radius 2 is 0.271 bits per heavy atom. The molecule has 588 valence electrons. The van der Waals surface area contributed by atoms with Gasteiger partial charge in [-0.15, -0.1) is 0 Å². The smallest absolute Gasteiger partial charge is 0.166 e. The van der Waals surface area contributed by atoms with E-state index in [9.17, 15) is 0 Å². The summed E-state index contributed by atoms with van der Waals surface area (Å²) in [5.74, 6) is 6.84. The van der Waals surface area contributed by atoms with Gasteiger partial charge in [0.1, 0.15) is 46.0 Å². The highest BCUT2D eigenvalue weighted by molar-refractivity contribution is 7.98. The monoisotopic (exact) mass is 1620 g/mol. The summed E-state index contributed by atoms with van der Waals surface area (Å²) in [6, 6.07) is 145. The Balaban J connectivity index is 0.000000136. The van der Waals surface area contributed by atoms with E-state index in [1.165, 1.54) is 103 Å². The fourth-order valence-corrected chi connectivity index (χ4v) is 21.1. The highest BCUT2D eigenvalue weighted by Gasteiger charge is 2.33. The summed E-state index contributed by atoms with van der Waals surface area (Å²) in [6.07, 6.45) is 0. The van der Waals surface area contributed by atoms with Crippen LogP contribution in [-0.2, 0) is 54.4 Å². The van der Waals surface area contributed by atoms with E-state index < -0.39 is 0 Å². The van der Waals surface area contributed by atoms with Gasteiger partial charge in [-0.25, -0.2) is 0 Å². The number of hydrogen-bond donors (Lipinski definition) is 0. The second-order valence-corrected chi connectivity index (χ2v) is 39.3. The van der Waals surface area contributed by atoms with Crippen molar-refractivity contribution < 1.29 is 18.9 Å². The highest BCUT2D eigenvalue weighted by Crippen LogP contribution is 2.40. The zero-order valence-corrected chi connectivity index (χ0v) is 72.8. The first-order valence-electron chi connectivity index (χ1n) is 40.1. The number of aryl methyl sites for hydroxylation is 6. The molecule has 8 heteroatoms. The molecule has 0 spiro atoms. The third-order valence-corrected chi connectivity index (χ3v) is 28.5. The van der Waals surface area contributed by atoms with Crippen molar-refractivity contribution in [3.8, 4) is 46.0 Å². The molecular weight excluding hydrogens is 1510 g/mol. The lowest BCUT2D eigenvalue weighted by molar-refractivity contribution is 0.482. The van der Waals surface area contributed by atoms with E-state index in [4.69, 9.17) is 18.9 Å². The van der Waals surface area contributed by atoms with Crippen LogP contribution in [0.3, 0.4) is 0 Å². The Morgan fingerprint density at radius 1 is 0.144 bits per heavy atom. The van der Waals surface area contributed by atoms with Crippen LogP contribution in [0.1, 0.15) is 86.1 Å². The number of benzene rings is 16. The first kappa shape index (κ1) is 84.0. The molecule has 0 aliphatic heterocycles. The lowest BCUT2D eigenvalue weighted by atomic mass is 9.87. The van der Waals surface area contributed by atoms with Crippen molar-refractivity contribution >= 4 is 43.6 Å². The van der Waals surface area contributed by atoms with E-state index in [1.54, 1.807) is 0 Å². The molecule has 0 saturated heterocycles. The molecule has 16 aromatic carbocycles. The van der Waals surface area contributed by atoms with Crippen LogP contribution in [0.2, 0.25) is 0 Å². The minimum atomic E-state index is -0.163. The molecule has 0 fully saturated rings. The van der Waals surface area contributed by atoms with Gasteiger partial charge in [0.05, 0.1) is 43.6 Å². The van der Waals surface area contributed by atoms with Crippen LogP contribution in [0, 0.1) is 41.5 Å². The van der Waals surface area contributed by atoms with Crippen LogP contribution in [0.5, 0.6) is 46.0 Å². The molecule has 0 amide bonds. The summed E-state index contributed by atoms with van der Waals surface area (Å²) in [5.41, 5.74) is 10.6. The summed E-state index contributed by atoms with van der Waals surface area (Å²) in [5, 5.41) is 0. The Bertz CT molecular complexity index is 5620. The van der Waals surface area contributed by atoms with Gasteiger partial charge in [0.2, 0.25) is 0 Å². The Hall–Kier alpha value is -11.9. The van der Waals surface area contributed by atoms with Gasteiger partial charge in [-0.3, -0.25) is 0 Å². The van der Waals surface area contributed by atoms with Gasteiger partial charge < -0.3 is 18.9 Å². The molecule has 0 aliphatic rings. The minimum Gasteiger partial charge on any atom is -0.457 e. The van der Waals surface area contributed by atoms with Crippen LogP contribution < -0.4 is 18.9 Å². The average Bonchev–Trinajstić information content (AvgIpc) is 1.14. The summed E-state index contributed by atoms with van der Waals surface area (Å²) in [4.78, 5) is 15.7. The molecule has 0 aromatic heterocycles. The highest BCUT2D eigenvalue weighted by atomic mass is 32.2. The van der Waals surface area contributed by atoms with Crippen molar-refractivity contribution in [2.45, 2.75) is 153 Å². The van der Waals surface area contributed by atoms with Gasteiger partial charge in [0, 0.05) is 0 Å². The van der Waals surface area contributed by atoms with Gasteiger partial charge >= 0.3 is 0 Å². The molecule has 16 aromatic rings. The van der Waals surface area contributed by atoms with Crippen LogP contribution in [0.4, 0.5) is 0 Å². The van der Waals surface area contributed by atoms with Gasteiger partial charge in [-0.05, 0) is 306 Å². The molecule has 0 N–H and O–H groups in total. The fraction of sp³-hybridized carbons (Fsp3) is 0.127. The zero-order chi connectivity index (χ0) is 82.4. The van der Waals surface area contributed by atoms with Crippen molar-refractivity contribution in [1.29, 1.82) is 0 Å². The van der Waals surface area contributed by atoms with Crippen molar-refractivity contribution in [1.82, 2.24) is 0 Å². The largest absolute Gasteiger partial charge is 0.457 e. The lowest BCUT2D eigenvalue weighted by Crippen LogP contribution is -2.11. The minimum absolute atomic E-state index is 0.141. The third kappa shape index (κ3) is 23.7. The quantitative estimate of drug-likeness (QED) is 0.0713. The van der Waals surface area contributed by atoms with Crippen LogP contribution in [0.25, 0.3) is 0 Å². The standard InChI is InChI=1S/C29H29OS.C28H27OS.C27H25OS.C26H23OS/c1-22-10-14-24(15-11-22)30-25-16-20-28(21-17-25)31(26-8-6-5-7-9-26)27-18-12-23(13-19-27)29(2,3)4;1-28(2,3)22-14-18-26(19-15-22)30(25-12-8-5-9-13-25)27-20-16-24(17-21-27)29-23-10-6-4-7-11-23;1-20-4-10-23(11-5-20)28-24-12-18-27(19-13-24)29(25-14-6-21(2)7-15-25)26-16-8-22(3)9-17-26;1-20-8-14-24(15-9-20)28(25-16-10-21(2)11-17-25)26-18-12-23(13-19-26)27-22-6-4-3-5-7-22/h5-21H,1-4H3;4-21H,1-3H3;4-19H,1-3H3;3-19H,1-2H3/q4*+1. The summed E-state index contributed by atoms with van der Waals surface area (Å²) in [7, 11) is -0.609. The van der Waals surface area contributed by atoms with E-state index >= 15 is 0 Å². The fourth-order valence-electron chi connectivity index (χ4n) is 12.9. The van der Waals surface area contributed by atoms with Crippen molar-refractivity contribution in [3.05, 3.63) is 457 Å². The third-order valence-electron chi connectivity index (χ3n) is 19.6. The Labute approximate surface area is 712 Å². The summed E-state index contributed by atoms with van der Waals surface area (Å²) in [6.45, 7) is 26.2. The predicted molar refractivity (Wildman–Crippen MR) is 498 cm³/mol.